The molecule has 0 saturated heterocycles. The molecule has 2 rings (SSSR count). The van der Waals surface area contributed by atoms with Crippen LogP contribution >= 0.6 is 0 Å². The molecule has 0 fully saturated rings. The Balaban J connectivity index is 1.71. The maximum absolute atomic E-state index is 12.3. The van der Waals surface area contributed by atoms with Crippen LogP contribution in [0.15, 0.2) is 48.5 Å². The molecule has 0 aliphatic carbocycles. The molecule has 2 aromatic carbocycles. The number of nitro benzene ring substituents is 1. The SMILES string of the molecule is CCCCCCCCCCCC(=O)Nc1ccc(OC(=O)c2ccccc2[N+](=O)[O-])cc1. The lowest BCUT2D eigenvalue weighted by molar-refractivity contribution is -0.385. The van der Waals surface area contributed by atoms with Gasteiger partial charge >= 0.3 is 5.97 Å². The van der Waals surface area contributed by atoms with Gasteiger partial charge in [-0.3, -0.25) is 14.9 Å². The van der Waals surface area contributed by atoms with Crippen LogP contribution in [-0.2, 0) is 4.79 Å². The van der Waals surface area contributed by atoms with E-state index in [1.807, 2.05) is 0 Å². The monoisotopic (exact) mass is 440 g/mol. The first kappa shape index (κ1) is 25.0. The summed E-state index contributed by atoms with van der Waals surface area (Å²) in [5.74, 6) is -0.609. The van der Waals surface area contributed by atoms with Gasteiger partial charge in [0.1, 0.15) is 11.3 Å². The Morgan fingerprint density at radius 3 is 2.09 bits per heavy atom. The number of amides is 1. The van der Waals surface area contributed by atoms with Crippen molar-refractivity contribution in [2.75, 3.05) is 5.32 Å². The van der Waals surface area contributed by atoms with Crippen molar-refractivity contribution in [3.63, 3.8) is 0 Å². The van der Waals surface area contributed by atoms with E-state index in [1.165, 1.54) is 69.2 Å². The van der Waals surface area contributed by atoms with Crippen molar-refractivity contribution < 1.29 is 19.2 Å². The Hall–Kier alpha value is -3.22. The molecule has 2 aromatic rings. The predicted molar refractivity (Wildman–Crippen MR) is 125 cm³/mol. The number of para-hydroxylation sites is 1. The molecule has 172 valence electrons. The lowest BCUT2D eigenvalue weighted by atomic mass is 10.1. The summed E-state index contributed by atoms with van der Waals surface area (Å²) < 4.78 is 5.23. The number of carbonyl (C=O) groups excluding carboxylic acids is 2. The Kier molecular flexibility index (Phi) is 10.9. The van der Waals surface area contributed by atoms with Gasteiger partial charge in [0.05, 0.1) is 4.92 Å². The van der Waals surface area contributed by atoms with E-state index in [0.717, 1.165) is 12.8 Å². The highest BCUT2D eigenvalue weighted by Crippen LogP contribution is 2.22. The van der Waals surface area contributed by atoms with Crippen molar-refractivity contribution in [3.8, 4) is 5.75 Å². The van der Waals surface area contributed by atoms with Crippen LogP contribution in [0.5, 0.6) is 5.75 Å². The third-order valence-corrected chi connectivity index (χ3v) is 5.18. The molecule has 0 radical (unpaired) electrons. The number of nitrogens with one attached hydrogen (secondary N) is 1. The topological polar surface area (TPSA) is 98.5 Å². The van der Waals surface area contributed by atoms with E-state index in [9.17, 15) is 19.7 Å². The van der Waals surface area contributed by atoms with Crippen molar-refractivity contribution in [2.24, 2.45) is 0 Å². The average molecular weight is 441 g/mol. The highest BCUT2D eigenvalue weighted by Gasteiger charge is 2.21. The Morgan fingerprint density at radius 1 is 0.875 bits per heavy atom. The third-order valence-electron chi connectivity index (χ3n) is 5.18. The highest BCUT2D eigenvalue weighted by molar-refractivity contribution is 5.95. The van der Waals surface area contributed by atoms with E-state index >= 15 is 0 Å². The van der Waals surface area contributed by atoms with Gasteiger partial charge < -0.3 is 10.1 Å². The summed E-state index contributed by atoms with van der Waals surface area (Å²) in [5, 5.41) is 13.9. The minimum Gasteiger partial charge on any atom is -0.423 e. The summed E-state index contributed by atoms with van der Waals surface area (Å²) in [6.45, 7) is 2.22. The molecule has 0 atom stereocenters. The van der Waals surface area contributed by atoms with E-state index in [0.29, 0.717) is 12.1 Å². The van der Waals surface area contributed by atoms with Crippen molar-refractivity contribution >= 4 is 23.3 Å². The summed E-state index contributed by atoms with van der Waals surface area (Å²) in [7, 11) is 0. The molecule has 0 heterocycles. The maximum Gasteiger partial charge on any atom is 0.350 e. The van der Waals surface area contributed by atoms with E-state index < -0.39 is 10.9 Å². The molecule has 0 aliphatic heterocycles. The molecule has 1 amide bonds. The van der Waals surface area contributed by atoms with Crippen LogP contribution in [0.25, 0.3) is 0 Å². The summed E-state index contributed by atoms with van der Waals surface area (Å²) >= 11 is 0. The van der Waals surface area contributed by atoms with E-state index in [-0.39, 0.29) is 22.9 Å². The predicted octanol–water partition coefficient (Wildman–Crippen LogP) is 6.67. The fourth-order valence-electron chi connectivity index (χ4n) is 3.39. The van der Waals surface area contributed by atoms with Crippen molar-refractivity contribution in [1.82, 2.24) is 0 Å². The minimum absolute atomic E-state index is 0.0439. The normalized spacial score (nSPS) is 10.5. The zero-order valence-corrected chi connectivity index (χ0v) is 18.7. The number of rotatable bonds is 14. The first-order chi connectivity index (χ1) is 15.5. The number of hydrogen-bond donors (Lipinski definition) is 1. The molecule has 1 N–H and O–H groups in total. The number of nitro groups is 1. The molecule has 0 aliphatic rings. The zero-order chi connectivity index (χ0) is 23.2. The fraction of sp³-hybridized carbons (Fsp3) is 0.440. The van der Waals surface area contributed by atoms with Gasteiger partial charge in [0.2, 0.25) is 5.91 Å². The van der Waals surface area contributed by atoms with Gasteiger partial charge in [-0.2, -0.15) is 0 Å². The summed E-state index contributed by atoms with van der Waals surface area (Å²) in [4.78, 5) is 34.8. The second kappa shape index (κ2) is 14.0. The van der Waals surface area contributed by atoms with Gasteiger partial charge in [-0.05, 0) is 36.8 Å². The van der Waals surface area contributed by atoms with Crippen LogP contribution in [-0.4, -0.2) is 16.8 Å². The van der Waals surface area contributed by atoms with Crippen molar-refractivity contribution in [3.05, 3.63) is 64.2 Å². The van der Waals surface area contributed by atoms with Gasteiger partial charge in [-0.25, -0.2) is 4.79 Å². The van der Waals surface area contributed by atoms with Gasteiger partial charge in [-0.15, -0.1) is 0 Å². The fourth-order valence-corrected chi connectivity index (χ4v) is 3.39. The Labute approximate surface area is 189 Å². The average Bonchev–Trinajstić information content (AvgIpc) is 2.79. The number of anilines is 1. The summed E-state index contributed by atoms with van der Waals surface area (Å²) in [5.41, 5.74) is 0.185. The number of esters is 1. The van der Waals surface area contributed by atoms with Crippen LogP contribution in [0.3, 0.4) is 0 Å². The second-order valence-electron chi connectivity index (χ2n) is 7.81. The Bertz CT molecular complexity index is 880. The van der Waals surface area contributed by atoms with Gasteiger partial charge in [0, 0.05) is 18.2 Å². The maximum atomic E-state index is 12.3. The minimum atomic E-state index is -0.806. The van der Waals surface area contributed by atoms with Crippen LogP contribution in [0, 0.1) is 10.1 Å². The quantitative estimate of drug-likeness (QED) is 0.116. The molecular formula is C25H32N2O5. The molecule has 0 unspecified atom stereocenters. The third kappa shape index (κ3) is 8.88. The largest absolute Gasteiger partial charge is 0.423 e. The number of nitrogens with zero attached hydrogens (tertiary/aromatic N) is 1. The van der Waals surface area contributed by atoms with Gasteiger partial charge in [0.15, 0.2) is 0 Å². The first-order valence-electron chi connectivity index (χ1n) is 11.4. The summed E-state index contributed by atoms with van der Waals surface area (Å²) in [6.07, 6.45) is 11.3. The zero-order valence-electron chi connectivity index (χ0n) is 18.7. The Morgan fingerprint density at radius 2 is 1.47 bits per heavy atom. The lowest BCUT2D eigenvalue weighted by Gasteiger charge is -2.08. The van der Waals surface area contributed by atoms with Crippen LogP contribution in [0.2, 0.25) is 0 Å². The molecule has 7 nitrogen and oxygen atoms in total. The van der Waals surface area contributed by atoms with Crippen LogP contribution in [0.4, 0.5) is 11.4 Å². The number of benzene rings is 2. The summed E-state index contributed by atoms with van der Waals surface area (Å²) in [6, 6.07) is 12.0. The number of hydrogen-bond acceptors (Lipinski definition) is 5. The number of carbonyl (C=O) groups is 2. The van der Waals surface area contributed by atoms with E-state index in [1.54, 1.807) is 24.3 Å². The molecule has 0 saturated carbocycles. The molecule has 0 aromatic heterocycles. The van der Waals surface area contributed by atoms with Gasteiger partial charge in [-0.1, -0.05) is 70.4 Å². The molecule has 32 heavy (non-hydrogen) atoms. The standard InChI is InChI=1S/C25H32N2O5/c1-2-3-4-5-6-7-8-9-10-15-24(28)26-20-16-18-21(19-17-20)32-25(29)22-13-11-12-14-23(22)27(30)31/h11-14,16-19H,2-10,15H2,1H3,(H,26,28). The van der Waals surface area contributed by atoms with E-state index in [4.69, 9.17) is 4.74 Å². The second-order valence-corrected chi connectivity index (χ2v) is 7.81. The van der Waals surface area contributed by atoms with Crippen molar-refractivity contribution in [1.29, 1.82) is 0 Å². The molecular weight excluding hydrogens is 408 g/mol. The smallest absolute Gasteiger partial charge is 0.350 e. The molecule has 7 heteroatoms. The van der Waals surface area contributed by atoms with Gasteiger partial charge in [0.25, 0.3) is 5.69 Å². The van der Waals surface area contributed by atoms with Crippen LogP contribution in [0.1, 0.15) is 81.5 Å². The molecule has 0 spiro atoms. The lowest BCUT2D eigenvalue weighted by Crippen LogP contribution is -2.12. The van der Waals surface area contributed by atoms with E-state index in [2.05, 4.69) is 12.2 Å². The molecule has 0 bridgehead atoms. The van der Waals surface area contributed by atoms with Crippen LogP contribution < -0.4 is 10.1 Å². The number of unbranched alkanes of at least 4 members (excludes halogenated alkanes) is 8. The van der Waals surface area contributed by atoms with Crippen molar-refractivity contribution in [2.45, 2.75) is 71.1 Å². The highest BCUT2D eigenvalue weighted by atomic mass is 16.6. The first-order valence-corrected chi connectivity index (χ1v) is 11.4. The number of ether oxygens (including phenoxy) is 1.